The molecule has 0 fully saturated rings. The van der Waals surface area contributed by atoms with Gasteiger partial charge in [-0.25, -0.2) is 9.78 Å². The van der Waals surface area contributed by atoms with Crippen LogP contribution in [0.1, 0.15) is 26.5 Å². The molecule has 0 radical (unpaired) electrons. The van der Waals surface area contributed by atoms with Crippen molar-refractivity contribution in [2.45, 2.75) is 11.8 Å². The van der Waals surface area contributed by atoms with Crippen LogP contribution in [0.5, 0.6) is 5.75 Å². The molecule has 3 rings (SSSR count). The highest BCUT2D eigenvalue weighted by atomic mass is 32.2. The molecule has 0 amide bonds. The Balaban J connectivity index is 2.24. The van der Waals surface area contributed by atoms with Gasteiger partial charge in [0.05, 0.1) is 7.11 Å². The molecular formula is C18H14N2O6S. The lowest BCUT2D eigenvalue weighted by atomic mass is 10.1. The number of pyridine rings is 2. The van der Waals surface area contributed by atoms with Crippen LogP contribution in [0.15, 0.2) is 47.5 Å². The fourth-order valence-corrected chi connectivity index (χ4v) is 3.35. The number of hydrogen-bond acceptors (Lipinski definition) is 8. The average molecular weight is 386 g/mol. The van der Waals surface area contributed by atoms with Crippen molar-refractivity contribution in [3.63, 3.8) is 0 Å². The summed E-state index contributed by atoms with van der Waals surface area (Å²) in [6, 6.07) is 9.05. The summed E-state index contributed by atoms with van der Waals surface area (Å²) in [5.74, 6) is -1.36. The zero-order chi connectivity index (χ0) is 19.6. The fourth-order valence-electron chi connectivity index (χ4n) is 2.40. The molecule has 9 heteroatoms. The van der Waals surface area contributed by atoms with Crippen molar-refractivity contribution in [3.8, 4) is 5.75 Å². The summed E-state index contributed by atoms with van der Waals surface area (Å²) >= 11 is 0. The quantitative estimate of drug-likeness (QED) is 0.373. The Morgan fingerprint density at radius 1 is 1.15 bits per heavy atom. The van der Waals surface area contributed by atoms with Crippen molar-refractivity contribution in [2.75, 3.05) is 7.11 Å². The number of methoxy groups -OCH3 is 1. The van der Waals surface area contributed by atoms with Crippen molar-refractivity contribution in [1.82, 2.24) is 9.97 Å². The van der Waals surface area contributed by atoms with E-state index in [0.717, 1.165) is 12.7 Å². The van der Waals surface area contributed by atoms with Crippen LogP contribution >= 0.6 is 0 Å². The number of aldehydes is 1. The molecule has 138 valence electrons. The summed E-state index contributed by atoms with van der Waals surface area (Å²) in [6.45, 7) is 1.81. The normalized spacial score (nSPS) is 11.2. The molecule has 2 heterocycles. The van der Waals surface area contributed by atoms with E-state index in [-0.39, 0.29) is 21.5 Å². The van der Waals surface area contributed by atoms with Crippen LogP contribution < -0.4 is 4.18 Å². The monoisotopic (exact) mass is 386 g/mol. The van der Waals surface area contributed by atoms with E-state index < -0.39 is 27.5 Å². The van der Waals surface area contributed by atoms with Gasteiger partial charge < -0.3 is 8.92 Å². The van der Waals surface area contributed by atoms with Gasteiger partial charge in [-0.2, -0.15) is 8.42 Å². The number of carbonyl (C=O) groups excluding carboxylic acids is 2. The molecule has 2 aromatic heterocycles. The summed E-state index contributed by atoms with van der Waals surface area (Å²) in [6.07, 6.45) is 1.82. The van der Waals surface area contributed by atoms with Gasteiger partial charge in [-0.05, 0) is 31.2 Å². The highest BCUT2D eigenvalue weighted by Gasteiger charge is 2.27. The van der Waals surface area contributed by atoms with Crippen LogP contribution in [0.2, 0.25) is 0 Å². The number of esters is 1. The number of nitrogens with zero attached hydrogens (tertiary/aromatic N) is 2. The van der Waals surface area contributed by atoms with Crippen LogP contribution in [0.4, 0.5) is 0 Å². The van der Waals surface area contributed by atoms with Gasteiger partial charge in [0.2, 0.25) is 5.75 Å². The second-order valence-corrected chi connectivity index (χ2v) is 7.08. The molecule has 1 aromatic carbocycles. The Labute approximate surface area is 154 Å². The molecule has 0 saturated heterocycles. The SMILES string of the molecule is COC(=O)c1nc(C=O)c2cccnc2c1OS(=O)(=O)c1ccc(C)cc1. The highest BCUT2D eigenvalue weighted by Crippen LogP contribution is 2.31. The molecule has 0 bridgehead atoms. The lowest BCUT2D eigenvalue weighted by molar-refractivity contribution is 0.0592. The van der Waals surface area contributed by atoms with E-state index in [0.29, 0.717) is 6.29 Å². The minimum absolute atomic E-state index is 0.00527. The first-order valence-electron chi connectivity index (χ1n) is 7.70. The molecule has 0 saturated carbocycles. The number of aromatic nitrogens is 2. The predicted molar refractivity (Wildman–Crippen MR) is 95.3 cm³/mol. The minimum Gasteiger partial charge on any atom is -0.464 e. The molecule has 0 unspecified atom stereocenters. The lowest BCUT2D eigenvalue weighted by Gasteiger charge is -2.13. The second kappa shape index (κ2) is 7.12. The molecule has 0 aliphatic carbocycles. The van der Waals surface area contributed by atoms with E-state index in [1.54, 1.807) is 18.2 Å². The number of benzene rings is 1. The number of rotatable bonds is 5. The molecule has 27 heavy (non-hydrogen) atoms. The van der Waals surface area contributed by atoms with E-state index >= 15 is 0 Å². The highest BCUT2D eigenvalue weighted by molar-refractivity contribution is 7.87. The van der Waals surface area contributed by atoms with Crippen LogP contribution in [0, 0.1) is 6.92 Å². The van der Waals surface area contributed by atoms with Gasteiger partial charge in [0.25, 0.3) is 0 Å². The zero-order valence-corrected chi connectivity index (χ0v) is 15.2. The van der Waals surface area contributed by atoms with Crippen molar-refractivity contribution in [2.24, 2.45) is 0 Å². The number of hydrogen-bond donors (Lipinski definition) is 0. The summed E-state index contributed by atoms with van der Waals surface area (Å²) in [7, 11) is -3.18. The third kappa shape index (κ3) is 3.49. The maximum atomic E-state index is 12.7. The minimum atomic E-state index is -4.28. The Morgan fingerprint density at radius 3 is 2.48 bits per heavy atom. The topological polar surface area (TPSA) is 113 Å². The Morgan fingerprint density at radius 2 is 1.85 bits per heavy atom. The Hall–Kier alpha value is -3.33. The Bertz CT molecular complexity index is 1140. The number of fused-ring (bicyclic) bond motifs is 1. The van der Waals surface area contributed by atoms with Crippen molar-refractivity contribution in [3.05, 3.63) is 59.5 Å². The smallest absolute Gasteiger partial charge is 0.360 e. The molecular weight excluding hydrogens is 372 g/mol. The van der Waals surface area contributed by atoms with Gasteiger partial charge in [0.15, 0.2) is 12.0 Å². The largest absolute Gasteiger partial charge is 0.464 e. The first-order chi connectivity index (χ1) is 12.9. The number of carbonyl (C=O) groups is 2. The fraction of sp³-hybridized carbons (Fsp3) is 0.111. The van der Waals surface area contributed by atoms with Gasteiger partial charge in [-0.15, -0.1) is 0 Å². The van der Waals surface area contributed by atoms with Crippen LogP contribution in [-0.4, -0.2) is 37.8 Å². The van der Waals surface area contributed by atoms with Crippen molar-refractivity contribution >= 4 is 33.3 Å². The first kappa shape index (κ1) is 18.5. The van der Waals surface area contributed by atoms with Crippen molar-refractivity contribution in [1.29, 1.82) is 0 Å². The van der Waals surface area contributed by atoms with E-state index in [4.69, 9.17) is 4.18 Å². The number of aryl methyl sites for hydroxylation is 1. The summed E-state index contributed by atoms with van der Waals surface area (Å²) in [5, 5.41) is 0.245. The number of ether oxygens (including phenoxy) is 1. The summed E-state index contributed by atoms with van der Waals surface area (Å²) < 4.78 is 35.2. The standard InChI is InChI=1S/C18H14N2O6S/c1-11-5-7-12(8-6-11)27(23,24)26-17-15-13(4-3-9-19-15)14(10-21)20-16(17)18(22)25-2/h3-10H,1-2H3. The van der Waals surface area contributed by atoms with Gasteiger partial charge in [-0.3, -0.25) is 9.78 Å². The van der Waals surface area contributed by atoms with Crippen LogP contribution in [0.25, 0.3) is 10.9 Å². The molecule has 0 atom stereocenters. The van der Waals surface area contributed by atoms with E-state index in [1.165, 1.54) is 24.4 Å². The van der Waals surface area contributed by atoms with Gasteiger partial charge >= 0.3 is 16.1 Å². The molecule has 8 nitrogen and oxygen atoms in total. The third-order valence-corrected chi connectivity index (χ3v) is 4.97. The van der Waals surface area contributed by atoms with E-state index in [9.17, 15) is 18.0 Å². The molecule has 0 spiro atoms. The molecule has 0 aliphatic rings. The van der Waals surface area contributed by atoms with Crippen LogP contribution in [-0.2, 0) is 14.9 Å². The first-order valence-corrected chi connectivity index (χ1v) is 9.11. The van der Waals surface area contributed by atoms with Gasteiger partial charge in [0, 0.05) is 11.6 Å². The predicted octanol–water partition coefficient (Wildman–Crippen LogP) is 2.31. The average Bonchev–Trinajstić information content (AvgIpc) is 2.67. The lowest BCUT2D eigenvalue weighted by Crippen LogP contribution is -2.16. The third-order valence-electron chi connectivity index (χ3n) is 3.74. The zero-order valence-electron chi connectivity index (χ0n) is 14.4. The molecule has 3 aromatic rings. The maximum Gasteiger partial charge on any atom is 0.360 e. The summed E-state index contributed by atoms with van der Waals surface area (Å²) in [5.41, 5.74) is 0.332. The van der Waals surface area contributed by atoms with Gasteiger partial charge in [-0.1, -0.05) is 17.7 Å². The van der Waals surface area contributed by atoms with E-state index in [1.807, 2.05) is 6.92 Å². The maximum absolute atomic E-state index is 12.7. The van der Waals surface area contributed by atoms with Gasteiger partial charge in [0.1, 0.15) is 16.1 Å². The Kier molecular flexibility index (Phi) is 4.87. The van der Waals surface area contributed by atoms with Crippen LogP contribution in [0.3, 0.4) is 0 Å². The second-order valence-electron chi connectivity index (χ2n) is 5.53. The molecule has 0 N–H and O–H groups in total. The molecule has 0 aliphatic heterocycles. The summed E-state index contributed by atoms with van der Waals surface area (Å²) in [4.78, 5) is 31.3. The van der Waals surface area contributed by atoms with E-state index in [2.05, 4.69) is 14.7 Å². The van der Waals surface area contributed by atoms with Crippen molar-refractivity contribution < 1.29 is 26.9 Å².